The lowest BCUT2D eigenvalue weighted by Crippen LogP contribution is -2.49. The van der Waals surface area contributed by atoms with E-state index in [-0.39, 0.29) is 11.9 Å². The summed E-state index contributed by atoms with van der Waals surface area (Å²) in [6.07, 6.45) is 0. The van der Waals surface area contributed by atoms with E-state index >= 15 is 0 Å². The van der Waals surface area contributed by atoms with E-state index in [1.165, 1.54) is 7.11 Å². The van der Waals surface area contributed by atoms with Gasteiger partial charge >= 0.3 is 6.01 Å². The number of hydrogen-bond acceptors (Lipinski definition) is 6. The number of hydrogen-bond donors (Lipinski definition) is 0. The zero-order valence-electron chi connectivity index (χ0n) is 14.7. The van der Waals surface area contributed by atoms with Crippen LogP contribution in [0.2, 0.25) is 0 Å². The SMILES string of the molecule is COc1cc(N2CCN(C(=O)c3cccc(C)c3)CC2)nc(OC)n1. The van der Waals surface area contributed by atoms with Crippen molar-refractivity contribution in [1.29, 1.82) is 0 Å². The van der Waals surface area contributed by atoms with Crippen molar-refractivity contribution in [3.63, 3.8) is 0 Å². The van der Waals surface area contributed by atoms with Crippen molar-refractivity contribution in [2.75, 3.05) is 45.3 Å². The molecule has 1 aliphatic rings. The summed E-state index contributed by atoms with van der Waals surface area (Å²) in [6, 6.07) is 9.74. The summed E-state index contributed by atoms with van der Waals surface area (Å²) in [5.41, 5.74) is 1.82. The molecule has 2 heterocycles. The van der Waals surface area contributed by atoms with Crippen LogP contribution in [0.15, 0.2) is 30.3 Å². The van der Waals surface area contributed by atoms with E-state index in [1.807, 2.05) is 36.1 Å². The Kier molecular flexibility index (Phi) is 5.02. The fourth-order valence-corrected chi connectivity index (χ4v) is 2.85. The van der Waals surface area contributed by atoms with Gasteiger partial charge in [-0.05, 0) is 19.1 Å². The number of ether oxygens (including phenoxy) is 2. The Morgan fingerprint density at radius 1 is 1.04 bits per heavy atom. The average Bonchev–Trinajstić information content (AvgIpc) is 2.67. The molecule has 0 unspecified atom stereocenters. The van der Waals surface area contributed by atoms with Crippen LogP contribution in [-0.4, -0.2) is 61.2 Å². The number of nitrogens with zero attached hydrogens (tertiary/aromatic N) is 4. The molecule has 1 amide bonds. The second kappa shape index (κ2) is 7.38. The molecular weight excluding hydrogens is 320 g/mol. The van der Waals surface area contributed by atoms with Crippen molar-refractivity contribution in [3.05, 3.63) is 41.5 Å². The van der Waals surface area contributed by atoms with Gasteiger partial charge in [-0.2, -0.15) is 9.97 Å². The number of amides is 1. The standard InChI is InChI=1S/C18H22N4O3/c1-13-5-4-6-14(11-13)17(23)22-9-7-21(8-10-22)15-12-16(24-2)20-18(19-15)25-3/h4-6,11-12H,7-10H2,1-3H3. The van der Waals surface area contributed by atoms with Crippen LogP contribution < -0.4 is 14.4 Å². The van der Waals surface area contributed by atoms with E-state index in [4.69, 9.17) is 9.47 Å². The van der Waals surface area contributed by atoms with E-state index < -0.39 is 0 Å². The first-order valence-corrected chi connectivity index (χ1v) is 8.18. The molecule has 7 nitrogen and oxygen atoms in total. The monoisotopic (exact) mass is 342 g/mol. The highest BCUT2D eigenvalue weighted by Gasteiger charge is 2.23. The van der Waals surface area contributed by atoms with Crippen molar-refractivity contribution in [1.82, 2.24) is 14.9 Å². The molecule has 1 aromatic heterocycles. The van der Waals surface area contributed by atoms with Crippen LogP contribution >= 0.6 is 0 Å². The van der Waals surface area contributed by atoms with E-state index in [2.05, 4.69) is 14.9 Å². The number of methoxy groups -OCH3 is 2. The zero-order chi connectivity index (χ0) is 17.8. The van der Waals surface area contributed by atoms with Gasteiger partial charge in [-0.15, -0.1) is 0 Å². The summed E-state index contributed by atoms with van der Waals surface area (Å²) in [5, 5.41) is 0. The van der Waals surface area contributed by atoms with Crippen LogP contribution in [0.4, 0.5) is 5.82 Å². The fraction of sp³-hybridized carbons (Fsp3) is 0.389. The van der Waals surface area contributed by atoms with Crippen LogP contribution in [0.25, 0.3) is 0 Å². The zero-order valence-corrected chi connectivity index (χ0v) is 14.7. The number of benzene rings is 1. The predicted octanol–water partition coefficient (Wildman–Crippen LogP) is 1.76. The highest BCUT2D eigenvalue weighted by Crippen LogP contribution is 2.22. The van der Waals surface area contributed by atoms with Crippen LogP contribution in [0.5, 0.6) is 11.9 Å². The van der Waals surface area contributed by atoms with E-state index in [9.17, 15) is 4.79 Å². The normalized spacial score (nSPS) is 14.4. The Morgan fingerprint density at radius 2 is 1.80 bits per heavy atom. The number of anilines is 1. The largest absolute Gasteiger partial charge is 0.481 e. The molecule has 1 fully saturated rings. The first kappa shape index (κ1) is 17.0. The van der Waals surface area contributed by atoms with Crippen LogP contribution in [-0.2, 0) is 0 Å². The highest BCUT2D eigenvalue weighted by atomic mass is 16.5. The van der Waals surface area contributed by atoms with Crippen LogP contribution in [0, 0.1) is 6.92 Å². The Hall–Kier alpha value is -2.83. The summed E-state index contributed by atoms with van der Waals surface area (Å²) in [4.78, 5) is 25.1. The minimum Gasteiger partial charge on any atom is -0.481 e. The quantitative estimate of drug-likeness (QED) is 0.843. The molecule has 0 aliphatic carbocycles. The molecular formula is C18H22N4O3. The molecule has 0 radical (unpaired) electrons. The van der Waals surface area contributed by atoms with Gasteiger partial charge < -0.3 is 19.3 Å². The van der Waals surface area contributed by atoms with E-state index in [0.29, 0.717) is 32.1 Å². The molecule has 1 aromatic carbocycles. The molecule has 0 spiro atoms. The second-order valence-corrected chi connectivity index (χ2v) is 5.90. The van der Waals surface area contributed by atoms with Crippen molar-refractivity contribution in [2.24, 2.45) is 0 Å². The molecule has 0 saturated carbocycles. The first-order chi connectivity index (χ1) is 12.1. The molecule has 0 bridgehead atoms. The molecule has 2 aromatic rings. The second-order valence-electron chi connectivity index (χ2n) is 5.90. The Bertz CT molecular complexity index is 735. The molecule has 25 heavy (non-hydrogen) atoms. The van der Waals surface area contributed by atoms with Crippen molar-refractivity contribution >= 4 is 11.7 Å². The lowest BCUT2D eigenvalue weighted by molar-refractivity contribution is 0.0746. The summed E-state index contributed by atoms with van der Waals surface area (Å²) < 4.78 is 10.3. The fourth-order valence-electron chi connectivity index (χ4n) is 2.85. The summed E-state index contributed by atoms with van der Waals surface area (Å²) >= 11 is 0. The lowest BCUT2D eigenvalue weighted by Gasteiger charge is -2.35. The third-order valence-electron chi connectivity index (χ3n) is 4.22. The van der Waals surface area contributed by atoms with Crippen LogP contribution in [0.3, 0.4) is 0 Å². The minimum absolute atomic E-state index is 0.0706. The van der Waals surface area contributed by atoms with Gasteiger partial charge in [-0.25, -0.2) is 0 Å². The summed E-state index contributed by atoms with van der Waals surface area (Å²) in [5.74, 6) is 1.27. The Balaban J connectivity index is 1.68. The smallest absolute Gasteiger partial charge is 0.321 e. The van der Waals surface area contributed by atoms with Gasteiger partial charge in [0.15, 0.2) is 0 Å². The number of carbonyl (C=O) groups is 1. The summed E-state index contributed by atoms with van der Waals surface area (Å²) in [6.45, 7) is 4.66. The Morgan fingerprint density at radius 3 is 2.44 bits per heavy atom. The number of rotatable bonds is 4. The molecule has 132 valence electrons. The molecule has 1 saturated heterocycles. The maximum absolute atomic E-state index is 12.6. The number of carbonyl (C=O) groups excluding carboxylic acids is 1. The summed E-state index contributed by atoms with van der Waals surface area (Å²) in [7, 11) is 3.08. The molecule has 1 aliphatic heterocycles. The third kappa shape index (κ3) is 3.81. The maximum Gasteiger partial charge on any atom is 0.321 e. The predicted molar refractivity (Wildman–Crippen MR) is 94.4 cm³/mol. The highest BCUT2D eigenvalue weighted by molar-refractivity contribution is 5.94. The first-order valence-electron chi connectivity index (χ1n) is 8.18. The van der Waals surface area contributed by atoms with Gasteiger partial charge in [0, 0.05) is 37.8 Å². The number of aryl methyl sites for hydroxylation is 1. The molecule has 3 rings (SSSR count). The third-order valence-corrected chi connectivity index (χ3v) is 4.22. The number of piperazine rings is 1. The van der Waals surface area contributed by atoms with Gasteiger partial charge in [0.05, 0.1) is 14.2 Å². The van der Waals surface area contributed by atoms with Gasteiger partial charge in [0.1, 0.15) is 5.82 Å². The van der Waals surface area contributed by atoms with Gasteiger partial charge in [-0.1, -0.05) is 17.7 Å². The van der Waals surface area contributed by atoms with E-state index in [0.717, 1.165) is 16.9 Å². The van der Waals surface area contributed by atoms with Crippen molar-refractivity contribution in [3.8, 4) is 11.9 Å². The topological polar surface area (TPSA) is 67.8 Å². The maximum atomic E-state index is 12.6. The average molecular weight is 342 g/mol. The van der Waals surface area contributed by atoms with Gasteiger partial charge in [0.2, 0.25) is 5.88 Å². The number of aromatic nitrogens is 2. The Labute approximate surface area is 147 Å². The van der Waals surface area contributed by atoms with E-state index in [1.54, 1.807) is 13.2 Å². The minimum atomic E-state index is 0.0706. The van der Waals surface area contributed by atoms with Gasteiger partial charge in [0.25, 0.3) is 5.91 Å². The van der Waals surface area contributed by atoms with Crippen molar-refractivity contribution in [2.45, 2.75) is 6.92 Å². The molecule has 0 N–H and O–H groups in total. The lowest BCUT2D eigenvalue weighted by atomic mass is 10.1. The van der Waals surface area contributed by atoms with Crippen molar-refractivity contribution < 1.29 is 14.3 Å². The van der Waals surface area contributed by atoms with Crippen LogP contribution in [0.1, 0.15) is 15.9 Å². The molecule has 7 heteroatoms. The van der Waals surface area contributed by atoms with Gasteiger partial charge in [-0.3, -0.25) is 4.79 Å². The molecule has 0 atom stereocenters.